The monoisotopic (exact) mass is 395 g/mol. The number of hydrogen-bond acceptors (Lipinski definition) is 4. The summed E-state index contributed by atoms with van der Waals surface area (Å²) in [5, 5.41) is 3.36. The third-order valence-corrected chi connectivity index (χ3v) is 5.52. The molecule has 0 bridgehead atoms. The minimum absolute atomic E-state index is 0.00292. The van der Waals surface area contributed by atoms with E-state index in [0.717, 1.165) is 34.0 Å². The van der Waals surface area contributed by atoms with Gasteiger partial charge in [0.1, 0.15) is 5.75 Å². The molecule has 0 saturated carbocycles. The molecule has 1 aromatic heterocycles. The first-order valence-corrected chi connectivity index (χ1v) is 9.86. The van der Waals surface area contributed by atoms with Crippen molar-refractivity contribution in [3.8, 4) is 5.75 Å². The molecule has 0 fully saturated rings. The van der Waals surface area contributed by atoms with E-state index in [-0.39, 0.29) is 11.8 Å². The summed E-state index contributed by atoms with van der Waals surface area (Å²) in [5.74, 6) is 1.48. The summed E-state index contributed by atoms with van der Waals surface area (Å²) in [7, 11) is 1.65. The van der Waals surface area contributed by atoms with Crippen LogP contribution >= 0.6 is 0 Å². The van der Waals surface area contributed by atoms with E-state index in [1.807, 2.05) is 85.8 Å². The Morgan fingerprint density at radius 3 is 2.57 bits per heavy atom. The Morgan fingerprint density at radius 1 is 1.00 bits per heavy atom. The number of fused-ring (bicyclic) bond motifs is 3. The molecule has 3 aromatic carbocycles. The van der Waals surface area contributed by atoms with Gasteiger partial charge in [0.15, 0.2) is 5.78 Å². The molecule has 1 unspecified atom stereocenters. The Labute approximate surface area is 174 Å². The predicted octanol–water partition coefficient (Wildman–Crippen LogP) is 5.22. The van der Waals surface area contributed by atoms with Crippen LogP contribution in [0.5, 0.6) is 5.75 Å². The number of ether oxygens (including phenoxy) is 1. The van der Waals surface area contributed by atoms with Crippen LogP contribution in [0.2, 0.25) is 0 Å². The molecule has 148 valence electrons. The number of aromatic nitrogens is 2. The Balaban J connectivity index is 1.77. The number of nitrogens with zero attached hydrogens (tertiary/aromatic N) is 2. The van der Waals surface area contributed by atoms with Gasteiger partial charge in [0.2, 0.25) is 5.95 Å². The zero-order valence-corrected chi connectivity index (χ0v) is 16.8. The molecule has 4 aromatic rings. The van der Waals surface area contributed by atoms with Gasteiger partial charge in [-0.1, -0.05) is 54.6 Å². The quantitative estimate of drug-likeness (QED) is 0.482. The van der Waals surface area contributed by atoms with E-state index in [9.17, 15) is 4.79 Å². The second-order valence-electron chi connectivity index (χ2n) is 7.33. The van der Waals surface area contributed by atoms with E-state index in [0.29, 0.717) is 11.1 Å². The van der Waals surface area contributed by atoms with Crippen molar-refractivity contribution in [2.75, 3.05) is 12.4 Å². The molecule has 0 spiro atoms. The minimum atomic E-state index is -0.323. The van der Waals surface area contributed by atoms with Gasteiger partial charge in [-0.15, -0.1) is 0 Å². The van der Waals surface area contributed by atoms with E-state index in [2.05, 4.69) is 9.88 Å². The van der Waals surface area contributed by atoms with Crippen LogP contribution in [0.3, 0.4) is 0 Å². The lowest BCUT2D eigenvalue weighted by Crippen LogP contribution is -2.28. The molecule has 2 heterocycles. The minimum Gasteiger partial charge on any atom is -0.497 e. The van der Waals surface area contributed by atoms with Gasteiger partial charge in [-0.05, 0) is 36.8 Å². The van der Waals surface area contributed by atoms with Crippen molar-refractivity contribution in [2.45, 2.75) is 13.0 Å². The summed E-state index contributed by atoms with van der Waals surface area (Å²) in [6.07, 6.45) is 0. The molecule has 30 heavy (non-hydrogen) atoms. The maximum absolute atomic E-state index is 13.7. The smallest absolute Gasteiger partial charge is 0.209 e. The fourth-order valence-electron chi connectivity index (χ4n) is 4.13. The highest BCUT2D eigenvalue weighted by Gasteiger charge is 2.34. The maximum Gasteiger partial charge on any atom is 0.209 e. The fourth-order valence-corrected chi connectivity index (χ4v) is 4.13. The Hall–Kier alpha value is -3.86. The van der Waals surface area contributed by atoms with Crippen LogP contribution in [0.25, 0.3) is 11.0 Å². The molecular weight excluding hydrogens is 374 g/mol. The Bertz CT molecular complexity index is 1290. The van der Waals surface area contributed by atoms with Gasteiger partial charge in [-0.2, -0.15) is 0 Å². The first kappa shape index (κ1) is 18.2. The third-order valence-electron chi connectivity index (χ3n) is 5.52. The summed E-state index contributed by atoms with van der Waals surface area (Å²) in [4.78, 5) is 18.4. The number of carbonyl (C=O) groups excluding carboxylic acids is 1. The standard InChI is InChI=1S/C25H21N3O2/c1-16-22(24(29)17-9-4-3-5-10-17)23(18-11-8-12-19(15-18)30-2)28-21-14-7-6-13-20(21)27-25(28)26-16/h3-15,23H,1-2H3,(H,26,27). The van der Waals surface area contributed by atoms with Crippen molar-refractivity contribution < 1.29 is 9.53 Å². The SMILES string of the molecule is COc1cccc(C2C(C(=O)c3ccccc3)=C(C)Nc3nc4ccccc4n32)c1. The fraction of sp³-hybridized carbons (Fsp3) is 0.120. The number of anilines is 1. The van der Waals surface area contributed by atoms with Gasteiger partial charge < -0.3 is 10.1 Å². The molecule has 5 heteroatoms. The molecule has 0 amide bonds. The summed E-state index contributed by atoms with van der Waals surface area (Å²) in [6.45, 7) is 1.94. The number of ketones is 1. The molecule has 1 aliphatic rings. The van der Waals surface area contributed by atoms with E-state index in [1.54, 1.807) is 7.11 Å². The van der Waals surface area contributed by atoms with Gasteiger partial charge in [0, 0.05) is 16.8 Å². The number of imidazole rings is 1. The van der Waals surface area contributed by atoms with Gasteiger partial charge in [-0.3, -0.25) is 9.36 Å². The number of allylic oxidation sites excluding steroid dienone is 2. The Kier molecular flexibility index (Phi) is 4.36. The summed E-state index contributed by atoms with van der Waals surface area (Å²) in [6, 6.07) is 24.9. The average molecular weight is 395 g/mol. The Morgan fingerprint density at radius 2 is 1.77 bits per heavy atom. The largest absolute Gasteiger partial charge is 0.497 e. The van der Waals surface area contributed by atoms with Crippen molar-refractivity contribution in [2.24, 2.45) is 0 Å². The predicted molar refractivity (Wildman–Crippen MR) is 118 cm³/mol. The van der Waals surface area contributed by atoms with Crippen LogP contribution in [0.1, 0.15) is 28.9 Å². The van der Waals surface area contributed by atoms with Crippen LogP contribution in [-0.2, 0) is 0 Å². The molecular formula is C25H21N3O2. The molecule has 0 radical (unpaired) electrons. The third kappa shape index (κ3) is 2.87. The number of benzene rings is 3. The molecule has 5 rings (SSSR count). The van der Waals surface area contributed by atoms with Crippen molar-refractivity contribution in [1.29, 1.82) is 0 Å². The van der Waals surface area contributed by atoms with Crippen LogP contribution < -0.4 is 10.1 Å². The van der Waals surface area contributed by atoms with E-state index >= 15 is 0 Å². The van der Waals surface area contributed by atoms with Crippen molar-refractivity contribution in [3.63, 3.8) is 0 Å². The highest BCUT2D eigenvalue weighted by molar-refractivity contribution is 6.11. The van der Waals surface area contributed by atoms with E-state index < -0.39 is 0 Å². The van der Waals surface area contributed by atoms with Crippen LogP contribution in [0.4, 0.5) is 5.95 Å². The second kappa shape index (κ2) is 7.19. The maximum atomic E-state index is 13.7. The summed E-state index contributed by atoms with van der Waals surface area (Å²) < 4.78 is 7.57. The number of para-hydroxylation sites is 2. The highest BCUT2D eigenvalue weighted by Crippen LogP contribution is 2.40. The molecule has 0 saturated heterocycles. The number of carbonyl (C=O) groups is 1. The van der Waals surface area contributed by atoms with E-state index in [1.165, 1.54) is 0 Å². The lowest BCUT2D eigenvalue weighted by atomic mass is 9.89. The van der Waals surface area contributed by atoms with Crippen LogP contribution in [0, 0.1) is 0 Å². The zero-order chi connectivity index (χ0) is 20.7. The number of nitrogens with one attached hydrogen (secondary N) is 1. The summed E-state index contributed by atoms with van der Waals surface area (Å²) in [5.41, 5.74) is 4.99. The number of hydrogen-bond donors (Lipinski definition) is 1. The van der Waals surface area contributed by atoms with Gasteiger partial charge in [0.05, 0.1) is 24.2 Å². The topological polar surface area (TPSA) is 56.1 Å². The number of Topliss-reactive ketones (excluding diaryl/α,β-unsaturated/α-hetero) is 1. The lowest BCUT2D eigenvalue weighted by molar-refractivity contribution is 0.102. The molecule has 5 nitrogen and oxygen atoms in total. The van der Waals surface area contributed by atoms with Crippen molar-refractivity contribution >= 4 is 22.8 Å². The van der Waals surface area contributed by atoms with Gasteiger partial charge in [0.25, 0.3) is 0 Å². The van der Waals surface area contributed by atoms with Crippen molar-refractivity contribution in [3.05, 3.63) is 101 Å². The lowest BCUT2D eigenvalue weighted by Gasteiger charge is -2.31. The normalized spacial score (nSPS) is 15.6. The first-order valence-electron chi connectivity index (χ1n) is 9.86. The highest BCUT2D eigenvalue weighted by atomic mass is 16.5. The molecule has 1 N–H and O–H groups in total. The van der Waals surface area contributed by atoms with Crippen molar-refractivity contribution in [1.82, 2.24) is 9.55 Å². The second-order valence-corrected chi connectivity index (χ2v) is 7.33. The van der Waals surface area contributed by atoms with Gasteiger partial charge in [-0.25, -0.2) is 4.98 Å². The zero-order valence-electron chi connectivity index (χ0n) is 16.8. The number of rotatable bonds is 4. The molecule has 0 aliphatic carbocycles. The van der Waals surface area contributed by atoms with E-state index in [4.69, 9.17) is 9.72 Å². The first-order chi connectivity index (χ1) is 14.7. The number of methoxy groups -OCH3 is 1. The molecule has 1 atom stereocenters. The van der Waals surface area contributed by atoms with Gasteiger partial charge >= 0.3 is 0 Å². The van der Waals surface area contributed by atoms with Crippen LogP contribution in [0.15, 0.2) is 90.1 Å². The summed E-state index contributed by atoms with van der Waals surface area (Å²) >= 11 is 0. The van der Waals surface area contributed by atoms with Crippen LogP contribution in [-0.4, -0.2) is 22.4 Å². The average Bonchev–Trinajstić information content (AvgIpc) is 3.16. The molecule has 1 aliphatic heterocycles.